The molecule has 0 aromatic carbocycles. The van der Waals surface area contributed by atoms with Crippen LogP contribution < -0.4 is 0 Å². The van der Waals surface area contributed by atoms with E-state index in [4.69, 9.17) is 4.74 Å². The Morgan fingerprint density at radius 3 is 2.84 bits per heavy atom. The number of carbonyl (C=O) groups is 1. The molecule has 0 radical (unpaired) electrons. The van der Waals surface area contributed by atoms with E-state index in [1.165, 1.54) is 6.07 Å². The predicted molar refractivity (Wildman–Crippen MR) is 66.3 cm³/mol. The van der Waals surface area contributed by atoms with Gasteiger partial charge in [0.2, 0.25) is 0 Å². The highest BCUT2D eigenvalue weighted by Gasteiger charge is 2.27. The summed E-state index contributed by atoms with van der Waals surface area (Å²) >= 11 is 1.03. The van der Waals surface area contributed by atoms with Crippen LogP contribution >= 0.6 is 11.8 Å². The molecule has 2 rings (SSSR count). The van der Waals surface area contributed by atoms with Crippen molar-refractivity contribution in [3.05, 3.63) is 17.5 Å². The lowest BCUT2D eigenvalue weighted by atomic mass is 10.2. The number of rotatable bonds is 6. The van der Waals surface area contributed by atoms with E-state index in [9.17, 15) is 13.6 Å². The maximum atomic E-state index is 12.7. The van der Waals surface area contributed by atoms with Crippen molar-refractivity contribution < 1.29 is 18.3 Å². The smallest absolute Gasteiger partial charge is 0.316 e. The molecule has 1 aliphatic rings. The van der Waals surface area contributed by atoms with Crippen LogP contribution in [0.3, 0.4) is 0 Å². The molecule has 1 aliphatic carbocycles. The topological polar surface area (TPSA) is 52.1 Å². The molecule has 0 atom stereocenters. The van der Waals surface area contributed by atoms with Crippen LogP contribution in [0.15, 0.2) is 11.2 Å². The highest BCUT2D eigenvalue weighted by atomic mass is 32.2. The quantitative estimate of drug-likeness (QED) is 0.457. The molecule has 0 amide bonds. The lowest BCUT2D eigenvalue weighted by Crippen LogP contribution is -2.08. The SMILES string of the molecule is CCOC(=O)CSc1nc(C(F)F)cc(C2CC2)n1. The second-order valence-corrected chi connectivity index (χ2v) is 5.11. The highest BCUT2D eigenvalue weighted by Crippen LogP contribution is 2.40. The van der Waals surface area contributed by atoms with Crippen molar-refractivity contribution in [3.8, 4) is 0 Å². The molecule has 0 unspecified atom stereocenters. The van der Waals surface area contributed by atoms with Gasteiger partial charge in [-0.2, -0.15) is 0 Å². The average Bonchev–Trinajstić information content (AvgIpc) is 3.20. The van der Waals surface area contributed by atoms with E-state index in [1.54, 1.807) is 6.92 Å². The van der Waals surface area contributed by atoms with Crippen molar-refractivity contribution in [2.75, 3.05) is 12.4 Å². The average molecular weight is 288 g/mol. The van der Waals surface area contributed by atoms with Gasteiger partial charge in [-0.3, -0.25) is 4.79 Å². The number of halogens is 2. The lowest BCUT2D eigenvalue weighted by molar-refractivity contribution is -0.139. The third-order valence-corrected chi connectivity index (χ3v) is 3.41. The van der Waals surface area contributed by atoms with Crippen LogP contribution in [0.25, 0.3) is 0 Å². The first-order chi connectivity index (χ1) is 9.10. The zero-order valence-electron chi connectivity index (χ0n) is 10.4. The second kappa shape index (κ2) is 6.27. The Balaban J connectivity index is 2.08. The largest absolute Gasteiger partial charge is 0.465 e. The Morgan fingerprint density at radius 1 is 1.53 bits per heavy atom. The van der Waals surface area contributed by atoms with Crippen molar-refractivity contribution >= 4 is 17.7 Å². The van der Waals surface area contributed by atoms with Crippen molar-refractivity contribution in [2.24, 2.45) is 0 Å². The minimum atomic E-state index is -2.62. The number of thioether (sulfide) groups is 1. The van der Waals surface area contributed by atoms with E-state index in [2.05, 4.69) is 9.97 Å². The molecule has 19 heavy (non-hydrogen) atoms. The Kier molecular flexibility index (Phi) is 4.68. The van der Waals surface area contributed by atoms with Crippen LogP contribution in [0.4, 0.5) is 8.78 Å². The molecule has 0 spiro atoms. The van der Waals surface area contributed by atoms with Crippen LogP contribution in [0.5, 0.6) is 0 Å². The lowest BCUT2D eigenvalue weighted by Gasteiger charge is -2.06. The van der Waals surface area contributed by atoms with Gasteiger partial charge in [-0.05, 0) is 25.8 Å². The molecule has 0 N–H and O–H groups in total. The fourth-order valence-corrected chi connectivity index (χ4v) is 2.22. The van der Waals surface area contributed by atoms with Gasteiger partial charge in [-0.15, -0.1) is 0 Å². The number of alkyl halides is 2. The molecular formula is C12H14F2N2O2S. The van der Waals surface area contributed by atoms with Crippen LogP contribution in [-0.4, -0.2) is 28.3 Å². The number of esters is 1. The van der Waals surface area contributed by atoms with E-state index >= 15 is 0 Å². The first-order valence-electron chi connectivity index (χ1n) is 6.05. The molecular weight excluding hydrogens is 274 g/mol. The van der Waals surface area contributed by atoms with Gasteiger partial charge in [0, 0.05) is 11.6 Å². The number of hydrogen-bond acceptors (Lipinski definition) is 5. The van der Waals surface area contributed by atoms with Crippen molar-refractivity contribution in [1.29, 1.82) is 0 Å². The van der Waals surface area contributed by atoms with E-state index in [0.29, 0.717) is 12.3 Å². The van der Waals surface area contributed by atoms with E-state index in [-0.39, 0.29) is 22.5 Å². The summed E-state index contributed by atoms with van der Waals surface area (Å²) in [5.41, 5.74) is 0.375. The summed E-state index contributed by atoms with van der Waals surface area (Å²) < 4.78 is 30.2. The Labute approximate surface area is 114 Å². The molecule has 0 bridgehead atoms. The van der Waals surface area contributed by atoms with Gasteiger partial charge in [0.05, 0.1) is 12.4 Å². The van der Waals surface area contributed by atoms with Gasteiger partial charge in [0.25, 0.3) is 6.43 Å². The Hall–Kier alpha value is -1.24. The summed E-state index contributed by atoms with van der Waals surface area (Å²) in [5, 5.41) is 0.216. The maximum Gasteiger partial charge on any atom is 0.316 e. The molecule has 1 saturated carbocycles. The van der Waals surface area contributed by atoms with Gasteiger partial charge < -0.3 is 4.74 Å². The fraction of sp³-hybridized carbons (Fsp3) is 0.583. The molecule has 1 aromatic heterocycles. The molecule has 1 heterocycles. The summed E-state index contributed by atoms with van der Waals surface area (Å²) in [5.74, 6) is -0.0982. The summed E-state index contributed by atoms with van der Waals surface area (Å²) in [6.45, 7) is 2.01. The maximum absolute atomic E-state index is 12.7. The van der Waals surface area contributed by atoms with Gasteiger partial charge in [0.1, 0.15) is 5.69 Å². The standard InChI is InChI=1S/C12H14F2N2O2S/c1-2-18-10(17)6-19-12-15-8(7-3-4-7)5-9(16-12)11(13)14/h5,7,11H,2-4,6H2,1H3. The molecule has 0 aliphatic heterocycles. The first-order valence-corrected chi connectivity index (χ1v) is 7.04. The van der Waals surface area contributed by atoms with Gasteiger partial charge >= 0.3 is 5.97 Å². The minimum Gasteiger partial charge on any atom is -0.465 e. The molecule has 0 saturated heterocycles. The number of carbonyl (C=O) groups excluding carboxylic acids is 1. The third kappa shape index (κ3) is 4.12. The normalized spacial score (nSPS) is 14.7. The van der Waals surface area contributed by atoms with Crippen LogP contribution in [0, 0.1) is 0 Å². The first kappa shape index (κ1) is 14.2. The number of ether oxygens (including phenoxy) is 1. The molecule has 4 nitrogen and oxygen atoms in total. The van der Waals surface area contributed by atoms with Crippen molar-refractivity contribution in [3.63, 3.8) is 0 Å². The Bertz CT molecular complexity index is 447. The van der Waals surface area contributed by atoms with Crippen LogP contribution in [-0.2, 0) is 9.53 Å². The fourth-order valence-electron chi connectivity index (χ4n) is 1.55. The molecule has 1 aromatic rings. The predicted octanol–water partition coefficient (Wildman–Crippen LogP) is 2.95. The molecule has 7 heteroatoms. The number of nitrogens with zero attached hydrogens (tertiary/aromatic N) is 2. The number of aromatic nitrogens is 2. The van der Waals surface area contributed by atoms with Crippen LogP contribution in [0.1, 0.15) is 43.5 Å². The number of hydrogen-bond donors (Lipinski definition) is 0. The molecule has 104 valence electrons. The van der Waals surface area contributed by atoms with Crippen molar-refractivity contribution in [1.82, 2.24) is 9.97 Å². The zero-order chi connectivity index (χ0) is 13.8. The zero-order valence-corrected chi connectivity index (χ0v) is 11.3. The monoisotopic (exact) mass is 288 g/mol. The van der Waals surface area contributed by atoms with Gasteiger partial charge in [-0.25, -0.2) is 18.7 Å². The van der Waals surface area contributed by atoms with E-state index < -0.39 is 12.4 Å². The second-order valence-electron chi connectivity index (χ2n) is 4.17. The molecule has 1 fully saturated rings. The van der Waals surface area contributed by atoms with E-state index in [0.717, 1.165) is 24.6 Å². The van der Waals surface area contributed by atoms with E-state index in [1.807, 2.05) is 0 Å². The van der Waals surface area contributed by atoms with Gasteiger partial charge in [-0.1, -0.05) is 11.8 Å². The summed E-state index contributed by atoms with van der Waals surface area (Å²) in [6.07, 6.45) is -0.675. The summed E-state index contributed by atoms with van der Waals surface area (Å²) in [4.78, 5) is 19.2. The summed E-state index contributed by atoms with van der Waals surface area (Å²) in [7, 11) is 0. The highest BCUT2D eigenvalue weighted by molar-refractivity contribution is 7.99. The summed E-state index contributed by atoms with van der Waals surface area (Å²) in [6, 6.07) is 1.36. The van der Waals surface area contributed by atoms with Crippen molar-refractivity contribution in [2.45, 2.75) is 37.3 Å². The third-order valence-electron chi connectivity index (χ3n) is 2.59. The van der Waals surface area contributed by atoms with Crippen LogP contribution in [0.2, 0.25) is 0 Å². The Morgan fingerprint density at radius 2 is 2.26 bits per heavy atom. The van der Waals surface area contributed by atoms with Gasteiger partial charge in [0.15, 0.2) is 5.16 Å². The minimum absolute atomic E-state index is 0.0324.